The first-order valence-corrected chi connectivity index (χ1v) is 8.98. The first-order valence-electron chi connectivity index (χ1n) is 8.98. The van der Waals surface area contributed by atoms with Gasteiger partial charge in [-0.05, 0) is 55.8 Å². The smallest absolute Gasteiger partial charge is 0.255 e. The second kappa shape index (κ2) is 8.26. The number of carbonyl (C=O) groups is 1. The Kier molecular flexibility index (Phi) is 5.82. The van der Waals surface area contributed by atoms with Crippen molar-refractivity contribution in [1.29, 1.82) is 0 Å². The summed E-state index contributed by atoms with van der Waals surface area (Å²) in [5, 5.41) is 2.97. The molecule has 1 amide bonds. The van der Waals surface area contributed by atoms with Gasteiger partial charge in [-0.15, -0.1) is 0 Å². The molecule has 0 aromatic heterocycles. The maximum Gasteiger partial charge on any atom is 0.255 e. The summed E-state index contributed by atoms with van der Waals surface area (Å²) in [6.07, 6.45) is 6.45. The third kappa shape index (κ3) is 4.67. The Morgan fingerprint density at radius 2 is 1.76 bits per heavy atom. The molecule has 0 heterocycles. The van der Waals surface area contributed by atoms with Crippen LogP contribution in [0.15, 0.2) is 48.5 Å². The lowest BCUT2D eigenvalue weighted by Gasteiger charge is -2.31. The van der Waals surface area contributed by atoms with Crippen LogP contribution in [0.25, 0.3) is 0 Å². The van der Waals surface area contributed by atoms with Gasteiger partial charge in [0.05, 0.1) is 0 Å². The van der Waals surface area contributed by atoms with Gasteiger partial charge in [-0.25, -0.2) is 4.39 Å². The summed E-state index contributed by atoms with van der Waals surface area (Å²) in [6, 6.07) is 14.1. The van der Waals surface area contributed by atoms with Gasteiger partial charge in [0.25, 0.3) is 5.91 Å². The third-order valence-corrected chi connectivity index (χ3v) is 4.99. The zero-order chi connectivity index (χ0) is 17.6. The van der Waals surface area contributed by atoms with Crippen LogP contribution in [0.3, 0.4) is 0 Å². The summed E-state index contributed by atoms with van der Waals surface area (Å²) in [4.78, 5) is 14.8. The number of rotatable bonds is 5. The normalized spacial score (nSPS) is 15.3. The Morgan fingerprint density at radius 1 is 1.08 bits per heavy atom. The molecule has 0 aliphatic heterocycles. The largest absolute Gasteiger partial charge is 0.322 e. The lowest BCUT2D eigenvalue weighted by atomic mass is 9.94. The van der Waals surface area contributed by atoms with Crippen molar-refractivity contribution in [1.82, 2.24) is 4.90 Å². The summed E-state index contributed by atoms with van der Waals surface area (Å²) in [7, 11) is 2.16. The van der Waals surface area contributed by atoms with E-state index in [1.807, 2.05) is 18.2 Å². The van der Waals surface area contributed by atoms with E-state index in [4.69, 9.17) is 0 Å². The molecule has 0 unspecified atom stereocenters. The average Bonchev–Trinajstić information content (AvgIpc) is 2.64. The molecule has 0 atom stereocenters. The molecule has 0 bridgehead atoms. The molecular weight excluding hydrogens is 315 g/mol. The molecule has 0 saturated heterocycles. The monoisotopic (exact) mass is 340 g/mol. The number of anilines is 1. The van der Waals surface area contributed by atoms with Crippen molar-refractivity contribution in [2.45, 2.75) is 44.7 Å². The molecule has 4 heteroatoms. The molecule has 3 nitrogen and oxygen atoms in total. The molecule has 132 valence electrons. The highest BCUT2D eigenvalue weighted by atomic mass is 19.1. The van der Waals surface area contributed by atoms with E-state index in [0.717, 1.165) is 17.8 Å². The van der Waals surface area contributed by atoms with E-state index in [1.54, 1.807) is 0 Å². The molecule has 3 rings (SSSR count). The second-order valence-electron chi connectivity index (χ2n) is 6.83. The van der Waals surface area contributed by atoms with Gasteiger partial charge in [0, 0.05) is 23.8 Å². The van der Waals surface area contributed by atoms with Crippen LogP contribution >= 0.6 is 0 Å². The fourth-order valence-electron chi connectivity index (χ4n) is 3.50. The number of halogens is 1. The Bertz CT molecular complexity index is 708. The highest BCUT2D eigenvalue weighted by molar-refractivity contribution is 6.04. The molecule has 2 aromatic rings. The number of hydrogen-bond donors (Lipinski definition) is 1. The first-order chi connectivity index (χ1) is 12.1. The molecular formula is C21H25FN2O. The van der Waals surface area contributed by atoms with Gasteiger partial charge in [-0.2, -0.15) is 0 Å². The van der Waals surface area contributed by atoms with Crippen molar-refractivity contribution in [2.24, 2.45) is 0 Å². The molecule has 0 radical (unpaired) electrons. The van der Waals surface area contributed by atoms with Crippen molar-refractivity contribution in [3.05, 3.63) is 65.5 Å². The van der Waals surface area contributed by atoms with E-state index in [-0.39, 0.29) is 11.7 Å². The van der Waals surface area contributed by atoms with Gasteiger partial charge in [-0.1, -0.05) is 37.5 Å². The molecule has 1 aliphatic rings. The Labute approximate surface area is 148 Å². The maximum atomic E-state index is 13.0. The van der Waals surface area contributed by atoms with Gasteiger partial charge in [-0.3, -0.25) is 9.69 Å². The first kappa shape index (κ1) is 17.6. The van der Waals surface area contributed by atoms with Crippen LogP contribution in [0.4, 0.5) is 10.1 Å². The lowest BCUT2D eigenvalue weighted by Crippen LogP contribution is -2.33. The van der Waals surface area contributed by atoms with Crippen LogP contribution in [-0.4, -0.2) is 23.9 Å². The molecule has 25 heavy (non-hydrogen) atoms. The molecule has 1 aliphatic carbocycles. The standard InChI is InChI=1S/C21H25FN2O/c1-24(19-8-3-2-4-9-19)15-17-7-5-6-10-20(17)23-21(25)16-11-13-18(22)14-12-16/h5-7,10-14,19H,2-4,8-9,15H2,1H3,(H,23,25). The van der Waals surface area contributed by atoms with Crippen molar-refractivity contribution in [3.63, 3.8) is 0 Å². The lowest BCUT2D eigenvalue weighted by molar-refractivity contribution is 0.102. The Balaban J connectivity index is 1.69. The molecule has 2 aromatic carbocycles. The quantitative estimate of drug-likeness (QED) is 0.844. The molecule has 1 saturated carbocycles. The number of para-hydroxylation sites is 1. The van der Waals surface area contributed by atoms with Gasteiger partial charge in [0.1, 0.15) is 5.82 Å². The van der Waals surface area contributed by atoms with Gasteiger partial charge in [0.2, 0.25) is 0 Å². The van der Waals surface area contributed by atoms with Crippen LogP contribution in [-0.2, 0) is 6.54 Å². The fourth-order valence-corrected chi connectivity index (χ4v) is 3.50. The number of nitrogens with zero attached hydrogens (tertiary/aromatic N) is 1. The van der Waals surface area contributed by atoms with E-state index < -0.39 is 0 Å². The van der Waals surface area contributed by atoms with Crippen molar-refractivity contribution in [3.8, 4) is 0 Å². The number of benzene rings is 2. The van der Waals surface area contributed by atoms with Gasteiger partial charge < -0.3 is 5.32 Å². The summed E-state index contributed by atoms with van der Waals surface area (Å²) >= 11 is 0. The summed E-state index contributed by atoms with van der Waals surface area (Å²) in [5.74, 6) is -0.557. The van der Waals surface area contributed by atoms with Crippen molar-refractivity contribution >= 4 is 11.6 Å². The number of hydrogen-bond acceptors (Lipinski definition) is 2. The van der Waals surface area contributed by atoms with Gasteiger partial charge >= 0.3 is 0 Å². The predicted molar refractivity (Wildman–Crippen MR) is 99.1 cm³/mol. The molecule has 1 N–H and O–H groups in total. The Hall–Kier alpha value is -2.20. The minimum Gasteiger partial charge on any atom is -0.322 e. The van der Waals surface area contributed by atoms with E-state index in [1.165, 1.54) is 56.4 Å². The number of amides is 1. The van der Waals surface area contributed by atoms with E-state index in [9.17, 15) is 9.18 Å². The van der Waals surface area contributed by atoms with Crippen LogP contribution in [0.2, 0.25) is 0 Å². The van der Waals surface area contributed by atoms with E-state index in [2.05, 4.69) is 23.3 Å². The minimum atomic E-state index is -0.342. The Morgan fingerprint density at radius 3 is 2.48 bits per heavy atom. The molecule has 1 fully saturated rings. The van der Waals surface area contributed by atoms with Crippen LogP contribution < -0.4 is 5.32 Å². The highest BCUT2D eigenvalue weighted by Crippen LogP contribution is 2.25. The summed E-state index contributed by atoms with van der Waals surface area (Å²) in [5.41, 5.74) is 2.38. The van der Waals surface area contributed by atoms with Crippen molar-refractivity contribution in [2.75, 3.05) is 12.4 Å². The van der Waals surface area contributed by atoms with Crippen molar-refractivity contribution < 1.29 is 9.18 Å². The predicted octanol–water partition coefficient (Wildman–Crippen LogP) is 4.84. The third-order valence-electron chi connectivity index (χ3n) is 4.99. The number of nitrogens with one attached hydrogen (secondary N) is 1. The summed E-state index contributed by atoms with van der Waals surface area (Å²) in [6.45, 7) is 0.810. The summed E-state index contributed by atoms with van der Waals surface area (Å²) < 4.78 is 13.0. The van der Waals surface area contributed by atoms with Crippen LogP contribution in [0.5, 0.6) is 0 Å². The van der Waals surface area contributed by atoms with Crippen LogP contribution in [0, 0.1) is 5.82 Å². The van der Waals surface area contributed by atoms with Crippen LogP contribution in [0.1, 0.15) is 48.0 Å². The second-order valence-corrected chi connectivity index (χ2v) is 6.83. The topological polar surface area (TPSA) is 32.3 Å². The zero-order valence-electron chi connectivity index (χ0n) is 14.7. The van der Waals surface area contributed by atoms with E-state index in [0.29, 0.717) is 11.6 Å². The maximum absolute atomic E-state index is 13.0. The minimum absolute atomic E-state index is 0.215. The number of carbonyl (C=O) groups excluding carboxylic acids is 1. The SMILES string of the molecule is CN(Cc1ccccc1NC(=O)c1ccc(F)cc1)C1CCCCC1. The molecule has 0 spiro atoms. The highest BCUT2D eigenvalue weighted by Gasteiger charge is 2.19. The fraction of sp³-hybridized carbons (Fsp3) is 0.381. The van der Waals surface area contributed by atoms with E-state index >= 15 is 0 Å². The zero-order valence-corrected chi connectivity index (χ0v) is 14.7. The average molecular weight is 340 g/mol. The van der Waals surface area contributed by atoms with Gasteiger partial charge in [0.15, 0.2) is 0 Å².